The minimum absolute atomic E-state index is 0.184. The van der Waals surface area contributed by atoms with Gasteiger partial charge in [-0.15, -0.1) is 0 Å². The van der Waals surface area contributed by atoms with Gasteiger partial charge in [0.2, 0.25) is 0 Å². The van der Waals surface area contributed by atoms with Crippen molar-refractivity contribution in [1.82, 2.24) is 0 Å². The summed E-state index contributed by atoms with van der Waals surface area (Å²) in [5, 5.41) is 11.7. The topological polar surface area (TPSA) is 35.8 Å². The van der Waals surface area contributed by atoms with Crippen molar-refractivity contribution in [2.45, 2.75) is 31.7 Å². The first-order valence-corrected chi connectivity index (χ1v) is 6.33. The lowest BCUT2D eigenvalue weighted by Gasteiger charge is -2.24. The van der Waals surface area contributed by atoms with Gasteiger partial charge in [-0.2, -0.15) is 5.26 Å². The van der Waals surface area contributed by atoms with Crippen LogP contribution in [0.4, 0.5) is 14.5 Å². The fourth-order valence-electron chi connectivity index (χ4n) is 3.37. The first-order valence-electron chi connectivity index (χ1n) is 6.33. The maximum Gasteiger partial charge on any atom is 0.183 e. The van der Waals surface area contributed by atoms with E-state index in [0.29, 0.717) is 5.92 Å². The van der Waals surface area contributed by atoms with Crippen LogP contribution >= 0.6 is 0 Å². The van der Waals surface area contributed by atoms with Gasteiger partial charge in [0.1, 0.15) is 6.07 Å². The molecule has 2 nitrogen and oxygen atoms in total. The van der Waals surface area contributed by atoms with E-state index in [9.17, 15) is 8.78 Å². The number of hydrogen-bond donors (Lipinski definition) is 1. The smallest absolute Gasteiger partial charge is 0.183 e. The molecule has 1 aromatic carbocycles. The monoisotopic (exact) mass is 248 g/mol. The molecule has 2 saturated carbocycles. The van der Waals surface area contributed by atoms with Crippen LogP contribution in [0.25, 0.3) is 0 Å². The van der Waals surface area contributed by atoms with Crippen molar-refractivity contribution in [3.8, 4) is 6.07 Å². The van der Waals surface area contributed by atoms with E-state index in [1.807, 2.05) is 0 Å². The van der Waals surface area contributed by atoms with Crippen molar-refractivity contribution in [2.24, 2.45) is 11.8 Å². The van der Waals surface area contributed by atoms with E-state index in [-0.39, 0.29) is 17.3 Å². The Hall–Kier alpha value is -1.63. The molecule has 2 fully saturated rings. The molecule has 4 heteroatoms. The molecule has 94 valence electrons. The van der Waals surface area contributed by atoms with Crippen LogP contribution in [0.2, 0.25) is 0 Å². The third-order valence-electron chi connectivity index (χ3n) is 4.28. The number of nitriles is 1. The van der Waals surface area contributed by atoms with Crippen LogP contribution in [0, 0.1) is 34.8 Å². The first kappa shape index (κ1) is 11.5. The molecule has 0 aromatic heterocycles. The van der Waals surface area contributed by atoms with Crippen LogP contribution in [-0.2, 0) is 0 Å². The predicted octanol–water partition coefficient (Wildman–Crippen LogP) is 3.44. The second-order valence-electron chi connectivity index (χ2n) is 5.33. The van der Waals surface area contributed by atoms with Crippen LogP contribution in [0.15, 0.2) is 12.1 Å². The SMILES string of the molecule is N#Cc1ccc(NC2CC3CCC2C3)c(F)c1F. The van der Waals surface area contributed by atoms with Gasteiger partial charge in [-0.25, -0.2) is 8.78 Å². The lowest BCUT2D eigenvalue weighted by atomic mass is 9.95. The van der Waals surface area contributed by atoms with E-state index in [1.165, 1.54) is 31.4 Å². The average Bonchev–Trinajstić information content (AvgIpc) is 2.97. The molecule has 0 spiro atoms. The fourth-order valence-corrected chi connectivity index (χ4v) is 3.37. The lowest BCUT2D eigenvalue weighted by molar-refractivity contribution is 0.436. The summed E-state index contributed by atoms with van der Waals surface area (Å²) in [6.45, 7) is 0. The summed E-state index contributed by atoms with van der Waals surface area (Å²) in [4.78, 5) is 0. The van der Waals surface area contributed by atoms with Gasteiger partial charge in [-0.05, 0) is 43.2 Å². The summed E-state index contributed by atoms with van der Waals surface area (Å²) in [7, 11) is 0. The Morgan fingerprint density at radius 2 is 2.00 bits per heavy atom. The standard InChI is InChI=1S/C14H14F2N2/c15-13-10(7-17)3-4-11(14(13)16)18-12-6-8-1-2-9(12)5-8/h3-4,8-9,12,18H,1-2,5-6H2. The maximum atomic E-state index is 13.8. The van der Waals surface area contributed by atoms with E-state index in [1.54, 1.807) is 6.07 Å². The Morgan fingerprint density at radius 1 is 1.17 bits per heavy atom. The first-order chi connectivity index (χ1) is 8.69. The number of hydrogen-bond acceptors (Lipinski definition) is 2. The van der Waals surface area contributed by atoms with E-state index in [4.69, 9.17) is 5.26 Å². The van der Waals surface area contributed by atoms with Gasteiger partial charge in [0, 0.05) is 6.04 Å². The average molecular weight is 248 g/mol. The zero-order chi connectivity index (χ0) is 12.7. The Morgan fingerprint density at radius 3 is 2.61 bits per heavy atom. The van der Waals surface area contributed by atoms with Gasteiger partial charge in [-0.3, -0.25) is 0 Å². The zero-order valence-corrected chi connectivity index (χ0v) is 9.92. The zero-order valence-electron chi connectivity index (χ0n) is 9.92. The summed E-state index contributed by atoms with van der Waals surface area (Å²) in [6, 6.07) is 4.68. The van der Waals surface area contributed by atoms with Crippen LogP contribution in [0.3, 0.4) is 0 Å². The summed E-state index contributed by atoms with van der Waals surface area (Å²) < 4.78 is 27.2. The van der Waals surface area contributed by atoms with Crippen LogP contribution < -0.4 is 5.32 Å². The normalized spacial score (nSPS) is 29.3. The number of halogens is 2. The van der Waals surface area contributed by atoms with Crippen molar-refractivity contribution in [3.05, 3.63) is 29.3 Å². The minimum Gasteiger partial charge on any atom is -0.380 e. The molecule has 0 aliphatic heterocycles. The Labute approximate surface area is 105 Å². The fraction of sp³-hybridized carbons (Fsp3) is 0.500. The van der Waals surface area contributed by atoms with Gasteiger partial charge < -0.3 is 5.32 Å². The summed E-state index contributed by atoms with van der Waals surface area (Å²) in [5.74, 6) is -0.644. The summed E-state index contributed by atoms with van der Waals surface area (Å²) in [6.07, 6.45) is 4.71. The molecule has 3 rings (SSSR count). The number of fused-ring (bicyclic) bond motifs is 2. The molecule has 3 unspecified atom stereocenters. The highest BCUT2D eigenvalue weighted by Crippen LogP contribution is 2.45. The van der Waals surface area contributed by atoms with Gasteiger partial charge in [0.15, 0.2) is 11.6 Å². The highest BCUT2D eigenvalue weighted by atomic mass is 19.2. The Kier molecular flexibility index (Phi) is 2.70. The van der Waals surface area contributed by atoms with Gasteiger partial charge in [-0.1, -0.05) is 6.42 Å². The molecular weight excluding hydrogens is 234 g/mol. The lowest BCUT2D eigenvalue weighted by Crippen LogP contribution is -2.26. The summed E-state index contributed by atoms with van der Waals surface area (Å²) >= 11 is 0. The molecule has 0 heterocycles. The van der Waals surface area contributed by atoms with E-state index >= 15 is 0 Å². The van der Waals surface area contributed by atoms with E-state index in [2.05, 4.69) is 5.32 Å². The van der Waals surface area contributed by atoms with Crippen LogP contribution in [0.1, 0.15) is 31.2 Å². The second kappa shape index (κ2) is 4.24. The molecule has 3 atom stereocenters. The summed E-state index contributed by atoms with van der Waals surface area (Å²) in [5.41, 5.74) is -0.0601. The molecule has 0 radical (unpaired) electrons. The third-order valence-corrected chi connectivity index (χ3v) is 4.28. The van der Waals surface area contributed by atoms with Crippen molar-refractivity contribution in [2.75, 3.05) is 5.32 Å². The van der Waals surface area contributed by atoms with Crippen molar-refractivity contribution < 1.29 is 8.78 Å². The predicted molar refractivity (Wildman–Crippen MR) is 63.9 cm³/mol. The maximum absolute atomic E-state index is 13.8. The third kappa shape index (κ3) is 1.74. The van der Waals surface area contributed by atoms with Gasteiger partial charge >= 0.3 is 0 Å². The molecule has 1 N–H and O–H groups in total. The van der Waals surface area contributed by atoms with Crippen LogP contribution in [-0.4, -0.2) is 6.04 Å². The number of benzene rings is 1. The molecule has 0 amide bonds. The number of nitrogens with zero attached hydrogens (tertiary/aromatic N) is 1. The molecular formula is C14H14F2N2. The second-order valence-corrected chi connectivity index (χ2v) is 5.33. The van der Waals surface area contributed by atoms with Crippen molar-refractivity contribution in [3.63, 3.8) is 0 Å². The van der Waals surface area contributed by atoms with Crippen molar-refractivity contribution >= 4 is 5.69 Å². The number of rotatable bonds is 2. The molecule has 2 aliphatic rings. The molecule has 2 bridgehead atoms. The molecule has 0 saturated heterocycles. The highest BCUT2D eigenvalue weighted by molar-refractivity contribution is 5.50. The Bertz CT molecular complexity index is 521. The van der Waals surface area contributed by atoms with E-state index < -0.39 is 11.6 Å². The minimum atomic E-state index is -1.05. The molecule has 1 aromatic rings. The highest BCUT2D eigenvalue weighted by Gasteiger charge is 2.39. The largest absolute Gasteiger partial charge is 0.380 e. The van der Waals surface area contributed by atoms with Crippen LogP contribution in [0.5, 0.6) is 0 Å². The van der Waals surface area contributed by atoms with Crippen molar-refractivity contribution in [1.29, 1.82) is 5.26 Å². The molecule has 2 aliphatic carbocycles. The molecule has 18 heavy (non-hydrogen) atoms. The quantitative estimate of drug-likeness (QED) is 0.870. The van der Waals surface area contributed by atoms with Gasteiger partial charge in [0.05, 0.1) is 11.3 Å². The van der Waals surface area contributed by atoms with E-state index in [0.717, 1.165) is 12.3 Å². The number of nitrogens with one attached hydrogen (secondary N) is 1. The number of anilines is 1. The van der Waals surface area contributed by atoms with Gasteiger partial charge in [0.25, 0.3) is 0 Å². The Balaban J connectivity index is 1.82.